The number of halogens is 3. The number of nitrogens with one attached hydrogen (secondary N) is 1. The number of hydrogen-bond donors (Lipinski definition) is 5. The number of nitrogens with two attached hydrogens (primary N) is 1. The second-order valence-electron chi connectivity index (χ2n) is 7.23. The number of alkyl halides is 3. The summed E-state index contributed by atoms with van der Waals surface area (Å²) in [5.41, 5.74) is 6.17. The first-order valence-electron chi connectivity index (χ1n) is 10.4. The molecule has 1 amide bonds. The molecule has 0 radical (unpaired) electrons. The van der Waals surface area contributed by atoms with Crippen molar-refractivity contribution in [2.24, 2.45) is 5.73 Å². The molecule has 0 aliphatic rings. The van der Waals surface area contributed by atoms with Gasteiger partial charge in [0.2, 0.25) is 5.91 Å². The van der Waals surface area contributed by atoms with Crippen molar-refractivity contribution in [3.05, 3.63) is 51.5 Å². The van der Waals surface area contributed by atoms with Crippen LogP contribution in [0, 0.1) is 5.41 Å². The summed E-state index contributed by atoms with van der Waals surface area (Å²) in [4.78, 5) is 50.0. The van der Waals surface area contributed by atoms with Gasteiger partial charge in [0.05, 0.1) is 0 Å². The van der Waals surface area contributed by atoms with Crippen molar-refractivity contribution in [3.8, 4) is 5.75 Å². The number of carbonyl (C=O) groups is 4. The minimum atomic E-state index is -5.08. The number of nitrogens with zero attached hydrogens (tertiary/aromatic N) is 2. The van der Waals surface area contributed by atoms with Crippen LogP contribution in [0.2, 0.25) is 0 Å². The maximum absolute atomic E-state index is 12.5. The van der Waals surface area contributed by atoms with Gasteiger partial charge >= 0.3 is 24.1 Å². The van der Waals surface area contributed by atoms with E-state index in [0.717, 1.165) is 16.2 Å². The Bertz CT molecular complexity index is 1200. The number of esters is 1. The summed E-state index contributed by atoms with van der Waals surface area (Å²) in [5, 5.41) is 34.3. The number of amides is 1. The lowest BCUT2D eigenvalue weighted by Gasteiger charge is -2.20. The Morgan fingerprint density at radius 3 is 2.24 bits per heavy atom. The van der Waals surface area contributed by atoms with Crippen molar-refractivity contribution in [2.45, 2.75) is 19.5 Å². The van der Waals surface area contributed by atoms with Gasteiger partial charge in [-0.2, -0.15) is 13.2 Å². The van der Waals surface area contributed by atoms with Crippen LogP contribution in [0.25, 0.3) is 6.08 Å². The van der Waals surface area contributed by atoms with Crippen molar-refractivity contribution in [1.29, 1.82) is 5.41 Å². The quantitative estimate of drug-likeness (QED) is 0.0939. The number of aliphatic carboxylic acids is 2. The van der Waals surface area contributed by atoms with Crippen LogP contribution in [-0.2, 0) is 14.4 Å². The third kappa shape index (κ3) is 10.8. The predicted octanol–water partition coefficient (Wildman–Crippen LogP) is 1.98. The van der Waals surface area contributed by atoms with Gasteiger partial charge in [-0.05, 0) is 43.7 Å². The van der Waals surface area contributed by atoms with Crippen molar-refractivity contribution in [1.82, 2.24) is 9.88 Å². The lowest BCUT2D eigenvalue weighted by molar-refractivity contribution is -0.192. The van der Waals surface area contributed by atoms with Crippen LogP contribution < -0.4 is 10.5 Å². The molecule has 0 saturated carbocycles. The number of carbonyl (C=O) groups excluding carboxylic acids is 2. The Hall–Kier alpha value is -4.31. The molecule has 2 rings (SSSR count). The third-order valence-corrected chi connectivity index (χ3v) is 5.02. The molecule has 0 aliphatic carbocycles. The van der Waals surface area contributed by atoms with E-state index in [1.807, 2.05) is 0 Å². The zero-order valence-electron chi connectivity index (χ0n) is 19.7. The smallest absolute Gasteiger partial charge is 0.480 e. The number of carboxylic acids is 2. The zero-order valence-corrected chi connectivity index (χ0v) is 20.5. The van der Waals surface area contributed by atoms with Crippen LogP contribution in [0.3, 0.4) is 0 Å². The van der Waals surface area contributed by atoms with Gasteiger partial charge < -0.3 is 30.7 Å². The number of thiazole rings is 1. The molecular weight excluding hydrogens is 537 g/mol. The molecule has 206 valence electrons. The second kappa shape index (κ2) is 14.4. The zero-order chi connectivity index (χ0) is 29.0. The van der Waals surface area contributed by atoms with Crippen LogP contribution in [0.1, 0.15) is 34.4 Å². The molecule has 1 aromatic heterocycles. The maximum Gasteiger partial charge on any atom is 0.490 e. The highest BCUT2D eigenvalue weighted by Crippen LogP contribution is 2.18. The number of amidine groups is 1. The molecule has 38 heavy (non-hydrogen) atoms. The summed E-state index contributed by atoms with van der Waals surface area (Å²) in [6, 6.07) is 6.12. The van der Waals surface area contributed by atoms with E-state index in [-0.39, 0.29) is 42.4 Å². The van der Waals surface area contributed by atoms with Gasteiger partial charge in [0, 0.05) is 29.7 Å². The molecule has 2 aromatic rings. The normalized spacial score (nSPS) is 11.1. The van der Waals surface area contributed by atoms with Crippen molar-refractivity contribution < 1.29 is 52.4 Å². The average Bonchev–Trinajstić information content (AvgIpc) is 3.29. The molecule has 1 aromatic carbocycles. The molecule has 0 unspecified atom stereocenters. The molecular formula is C22H23F3N4O8S. The van der Waals surface area contributed by atoms with E-state index < -0.39 is 36.5 Å². The highest BCUT2D eigenvalue weighted by molar-refractivity contribution is 7.10. The number of aliphatic hydroxyl groups is 1. The lowest BCUT2D eigenvalue weighted by atomic mass is 10.2. The summed E-state index contributed by atoms with van der Waals surface area (Å²) in [6.07, 6.45) is -3.37. The summed E-state index contributed by atoms with van der Waals surface area (Å²) >= 11 is 1.12. The van der Waals surface area contributed by atoms with E-state index in [4.69, 9.17) is 36.0 Å². The van der Waals surface area contributed by atoms with Gasteiger partial charge in [-0.15, -0.1) is 11.3 Å². The number of ether oxygens (including phenoxy) is 1. The maximum atomic E-state index is 12.5. The van der Waals surface area contributed by atoms with E-state index in [1.165, 1.54) is 30.5 Å². The molecule has 0 spiro atoms. The summed E-state index contributed by atoms with van der Waals surface area (Å²) in [6.45, 7) is 0.972. The Morgan fingerprint density at radius 2 is 1.76 bits per heavy atom. The number of rotatable bonds is 10. The highest BCUT2D eigenvalue weighted by atomic mass is 32.1. The number of aliphatic hydroxyl groups excluding tert-OH is 1. The molecule has 16 heteroatoms. The molecule has 6 N–H and O–H groups in total. The number of hydrogen-bond acceptors (Lipinski definition) is 9. The van der Waals surface area contributed by atoms with E-state index in [9.17, 15) is 27.6 Å². The SMILES string of the molecule is C/C(=C\c1nc(C(=O)Oc2ccc(C(=N)N)cc2)cs1)C(=O)N(CCCO)CC(=O)O.O=C(O)C(F)(F)F. The van der Waals surface area contributed by atoms with Gasteiger partial charge in [-0.3, -0.25) is 15.0 Å². The molecule has 12 nitrogen and oxygen atoms in total. The van der Waals surface area contributed by atoms with Crippen LogP contribution in [0.4, 0.5) is 13.2 Å². The minimum absolute atomic E-state index is 0.0508. The number of benzene rings is 1. The topological polar surface area (TPSA) is 204 Å². The van der Waals surface area contributed by atoms with E-state index in [0.29, 0.717) is 10.6 Å². The molecule has 0 aliphatic heterocycles. The fourth-order valence-corrected chi connectivity index (χ4v) is 3.26. The van der Waals surface area contributed by atoms with E-state index >= 15 is 0 Å². The fourth-order valence-electron chi connectivity index (χ4n) is 2.48. The first-order valence-corrected chi connectivity index (χ1v) is 11.3. The highest BCUT2D eigenvalue weighted by Gasteiger charge is 2.38. The number of nitrogen functional groups attached to an aromatic ring is 1. The minimum Gasteiger partial charge on any atom is -0.480 e. The summed E-state index contributed by atoms with van der Waals surface area (Å²) in [7, 11) is 0. The Kier molecular flexibility index (Phi) is 12.0. The predicted molar refractivity (Wildman–Crippen MR) is 128 cm³/mol. The van der Waals surface area contributed by atoms with Crippen molar-refractivity contribution >= 4 is 47.1 Å². The largest absolute Gasteiger partial charge is 0.490 e. The standard InChI is InChI=1S/C20H22N4O6S.C2HF3O2/c1-12(19(28)24(7-2-8-25)10-17(26)27)9-16-23-15(11-31-16)20(29)30-14-5-3-13(4-6-14)18(21)22;3-2(4,5)1(6)7/h3-6,9,11,25H,2,7-8,10H2,1H3,(H3,21,22)(H,26,27);(H,6,7)/b12-9+;. The van der Waals surface area contributed by atoms with Gasteiger partial charge in [0.15, 0.2) is 5.69 Å². The monoisotopic (exact) mass is 560 g/mol. The van der Waals surface area contributed by atoms with Gasteiger partial charge in [-0.25, -0.2) is 14.6 Å². The average molecular weight is 561 g/mol. The number of aromatic nitrogens is 1. The van der Waals surface area contributed by atoms with Gasteiger partial charge in [-0.1, -0.05) is 0 Å². The molecule has 0 saturated heterocycles. The Morgan fingerprint density at radius 1 is 1.18 bits per heavy atom. The second-order valence-corrected chi connectivity index (χ2v) is 8.12. The molecule has 0 atom stereocenters. The first kappa shape index (κ1) is 31.7. The molecule has 0 fully saturated rings. The van der Waals surface area contributed by atoms with Crippen LogP contribution in [0.15, 0.2) is 35.2 Å². The Balaban J connectivity index is 0.000000905. The van der Waals surface area contributed by atoms with Gasteiger partial charge in [0.25, 0.3) is 0 Å². The lowest BCUT2D eigenvalue weighted by Crippen LogP contribution is -2.37. The fraction of sp³-hybridized carbons (Fsp3) is 0.273. The van der Waals surface area contributed by atoms with Crippen LogP contribution >= 0.6 is 11.3 Å². The molecule has 0 bridgehead atoms. The van der Waals surface area contributed by atoms with Crippen molar-refractivity contribution in [3.63, 3.8) is 0 Å². The van der Waals surface area contributed by atoms with Crippen LogP contribution in [0.5, 0.6) is 5.75 Å². The number of carboxylic acid groups (broad SMARTS) is 2. The molecule has 1 heterocycles. The van der Waals surface area contributed by atoms with Gasteiger partial charge in [0.1, 0.15) is 23.1 Å². The Labute approximate surface area is 217 Å². The van der Waals surface area contributed by atoms with Crippen molar-refractivity contribution in [2.75, 3.05) is 19.7 Å². The van der Waals surface area contributed by atoms with E-state index in [1.54, 1.807) is 12.1 Å². The first-order chi connectivity index (χ1) is 17.6. The summed E-state index contributed by atoms with van der Waals surface area (Å²) < 4.78 is 37.0. The summed E-state index contributed by atoms with van der Waals surface area (Å²) in [5.74, 6) is -4.94. The third-order valence-electron chi connectivity index (χ3n) is 4.23. The van der Waals surface area contributed by atoms with Crippen LogP contribution in [-0.4, -0.2) is 80.7 Å². The van der Waals surface area contributed by atoms with E-state index in [2.05, 4.69) is 4.98 Å².